The van der Waals surface area contributed by atoms with Crippen LogP contribution in [0.5, 0.6) is 0 Å². The van der Waals surface area contributed by atoms with Crippen LogP contribution in [0.3, 0.4) is 0 Å². The maximum Gasteiger partial charge on any atom is 0.328 e. The van der Waals surface area contributed by atoms with E-state index in [2.05, 4.69) is 4.72 Å². The number of rotatable bonds is 5. The topological polar surface area (TPSA) is 73.1 Å². The summed E-state index contributed by atoms with van der Waals surface area (Å²) < 4.78 is 30.4. The van der Waals surface area contributed by atoms with Crippen LogP contribution in [-0.4, -0.2) is 24.1 Å². The Balaban J connectivity index is 1.80. The summed E-state index contributed by atoms with van der Waals surface area (Å²) in [6.07, 6.45) is 0. The monoisotopic (exact) mass is 379 g/mol. The minimum atomic E-state index is -3.69. The molecule has 0 bridgehead atoms. The summed E-state index contributed by atoms with van der Waals surface area (Å²) in [5.41, 5.74) is 2.20. The van der Waals surface area contributed by atoms with Crippen molar-refractivity contribution in [1.82, 2.24) is 13.9 Å². The summed E-state index contributed by atoms with van der Waals surface area (Å²) in [7, 11) is -1.99. The number of aromatic nitrogens is 2. The molecule has 8 heteroatoms. The fourth-order valence-corrected chi connectivity index (χ4v) is 3.99. The molecule has 0 unspecified atom stereocenters. The second-order valence-corrected chi connectivity index (χ2v) is 7.96. The van der Waals surface area contributed by atoms with E-state index in [-0.39, 0.29) is 23.7 Å². The van der Waals surface area contributed by atoms with Gasteiger partial charge in [0.05, 0.1) is 15.9 Å². The van der Waals surface area contributed by atoms with Gasteiger partial charge in [-0.2, -0.15) is 0 Å². The van der Waals surface area contributed by atoms with Gasteiger partial charge in [-0.05, 0) is 36.8 Å². The molecule has 3 rings (SSSR count). The van der Waals surface area contributed by atoms with Gasteiger partial charge in [0.15, 0.2) is 0 Å². The molecule has 3 aromatic rings. The molecule has 25 heavy (non-hydrogen) atoms. The molecular weight excluding hydrogens is 362 g/mol. The van der Waals surface area contributed by atoms with E-state index in [0.717, 1.165) is 16.6 Å². The summed E-state index contributed by atoms with van der Waals surface area (Å²) in [4.78, 5) is 12.4. The molecule has 1 N–H and O–H groups in total. The van der Waals surface area contributed by atoms with Gasteiger partial charge in [0.25, 0.3) is 0 Å². The predicted molar refractivity (Wildman–Crippen MR) is 98.6 cm³/mol. The minimum Gasteiger partial charge on any atom is -0.295 e. The van der Waals surface area contributed by atoms with Gasteiger partial charge in [-0.1, -0.05) is 29.8 Å². The molecule has 1 aromatic heterocycles. The summed E-state index contributed by atoms with van der Waals surface area (Å²) in [6, 6.07) is 12.0. The molecule has 0 fully saturated rings. The van der Waals surface area contributed by atoms with Gasteiger partial charge in [0, 0.05) is 25.2 Å². The van der Waals surface area contributed by atoms with E-state index in [9.17, 15) is 13.2 Å². The standard InChI is InChI=1S/C17H18ClN3O3S/c1-12-7-8-13(11-14(12)18)25(23,24)19-9-10-21-16-6-4-3-5-15(16)20(2)17(21)22/h3-8,11,19H,9-10H2,1-2H3. The molecule has 132 valence electrons. The van der Waals surface area contributed by atoms with Gasteiger partial charge in [-0.3, -0.25) is 9.13 Å². The van der Waals surface area contributed by atoms with Gasteiger partial charge < -0.3 is 0 Å². The van der Waals surface area contributed by atoms with E-state index in [1.54, 1.807) is 29.2 Å². The molecule has 0 amide bonds. The molecule has 0 aliphatic heterocycles. The van der Waals surface area contributed by atoms with Crippen molar-refractivity contribution in [3.8, 4) is 0 Å². The van der Waals surface area contributed by atoms with Crippen LogP contribution in [-0.2, 0) is 23.6 Å². The lowest BCUT2D eigenvalue weighted by Gasteiger charge is -2.09. The summed E-state index contributed by atoms with van der Waals surface area (Å²) >= 11 is 6.00. The Labute approximate surface area is 150 Å². The van der Waals surface area contributed by atoms with E-state index in [1.807, 2.05) is 24.3 Å². The summed E-state index contributed by atoms with van der Waals surface area (Å²) in [6.45, 7) is 2.14. The number of halogens is 1. The Morgan fingerprint density at radius 3 is 2.48 bits per heavy atom. The van der Waals surface area contributed by atoms with Gasteiger partial charge >= 0.3 is 5.69 Å². The fraction of sp³-hybridized carbons (Fsp3) is 0.235. The maximum absolute atomic E-state index is 12.4. The van der Waals surface area contributed by atoms with E-state index in [4.69, 9.17) is 11.6 Å². The highest BCUT2D eigenvalue weighted by Crippen LogP contribution is 2.19. The zero-order valence-corrected chi connectivity index (χ0v) is 15.4. The van der Waals surface area contributed by atoms with Crippen LogP contribution >= 0.6 is 11.6 Å². The van der Waals surface area contributed by atoms with Crippen molar-refractivity contribution >= 4 is 32.7 Å². The molecule has 2 aromatic carbocycles. The second-order valence-electron chi connectivity index (χ2n) is 5.79. The predicted octanol–water partition coefficient (Wildman–Crippen LogP) is 2.28. The van der Waals surface area contributed by atoms with Gasteiger partial charge in [0.2, 0.25) is 10.0 Å². The number of nitrogens with zero attached hydrogens (tertiary/aromatic N) is 2. The number of imidazole rings is 1. The summed E-state index contributed by atoms with van der Waals surface area (Å²) in [5.74, 6) is 0. The number of nitrogens with one attached hydrogen (secondary N) is 1. The molecule has 0 spiro atoms. The molecule has 6 nitrogen and oxygen atoms in total. The first kappa shape index (κ1) is 17.7. The number of aryl methyl sites for hydroxylation is 2. The largest absolute Gasteiger partial charge is 0.328 e. The highest BCUT2D eigenvalue weighted by molar-refractivity contribution is 7.89. The molecule has 0 radical (unpaired) electrons. The average Bonchev–Trinajstić information content (AvgIpc) is 2.82. The normalized spacial score (nSPS) is 12.0. The van der Waals surface area contributed by atoms with Crippen molar-refractivity contribution in [3.63, 3.8) is 0 Å². The van der Waals surface area contributed by atoms with Crippen molar-refractivity contribution in [2.45, 2.75) is 18.4 Å². The number of hydrogen-bond donors (Lipinski definition) is 1. The van der Waals surface area contributed by atoms with Crippen LogP contribution in [0, 0.1) is 6.92 Å². The lowest BCUT2D eigenvalue weighted by Crippen LogP contribution is -2.31. The minimum absolute atomic E-state index is 0.0990. The molecule has 0 saturated heterocycles. The lowest BCUT2D eigenvalue weighted by atomic mass is 10.2. The second kappa shape index (κ2) is 6.67. The van der Waals surface area contributed by atoms with E-state index in [0.29, 0.717) is 5.02 Å². The number of benzene rings is 2. The van der Waals surface area contributed by atoms with Crippen molar-refractivity contribution < 1.29 is 8.42 Å². The SMILES string of the molecule is Cc1ccc(S(=O)(=O)NCCn2c(=O)n(C)c3ccccc32)cc1Cl. The zero-order valence-electron chi connectivity index (χ0n) is 13.9. The Morgan fingerprint density at radius 1 is 1.12 bits per heavy atom. The van der Waals surface area contributed by atoms with Gasteiger partial charge in [-0.25, -0.2) is 17.9 Å². The van der Waals surface area contributed by atoms with Crippen LogP contribution < -0.4 is 10.4 Å². The third kappa shape index (κ3) is 3.35. The first-order chi connectivity index (χ1) is 11.8. The smallest absolute Gasteiger partial charge is 0.295 e. The van der Waals surface area contributed by atoms with E-state index in [1.165, 1.54) is 12.1 Å². The highest BCUT2D eigenvalue weighted by atomic mass is 35.5. The van der Waals surface area contributed by atoms with Crippen molar-refractivity contribution in [1.29, 1.82) is 0 Å². The van der Waals surface area contributed by atoms with E-state index < -0.39 is 10.0 Å². The van der Waals surface area contributed by atoms with Gasteiger partial charge in [0.1, 0.15) is 0 Å². The zero-order chi connectivity index (χ0) is 18.2. The Hall–Kier alpha value is -2.09. The maximum atomic E-state index is 12.4. The Kier molecular flexibility index (Phi) is 4.73. The van der Waals surface area contributed by atoms with Crippen molar-refractivity contribution in [3.05, 3.63) is 63.5 Å². The quantitative estimate of drug-likeness (QED) is 0.739. The molecule has 0 saturated carbocycles. The molecular formula is C17H18ClN3O3S. The number of hydrogen-bond acceptors (Lipinski definition) is 3. The van der Waals surface area contributed by atoms with Crippen molar-refractivity contribution in [2.24, 2.45) is 7.05 Å². The molecule has 1 heterocycles. The highest BCUT2D eigenvalue weighted by Gasteiger charge is 2.16. The third-order valence-corrected chi connectivity index (χ3v) is 6.00. The number of sulfonamides is 1. The summed E-state index contributed by atoms with van der Waals surface area (Å²) in [5, 5.41) is 0.396. The fourth-order valence-electron chi connectivity index (χ4n) is 2.70. The van der Waals surface area contributed by atoms with Crippen LogP contribution in [0.1, 0.15) is 5.56 Å². The Morgan fingerprint density at radius 2 is 1.80 bits per heavy atom. The number of para-hydroxylation sites is 2. The van der Waals surface area contributed by atoms with Gasteiger partial charge in [-0.15, -0.1) is 0 Å². The van der Waals surface area contributed by atoms with Crippen LogP contribution in [0.25, 0.3) is 11.0 Å². The number of fused-ring (bicyclic) bond motifs is 1. The van der Waals surface area contributed by atoms with Crippen LogP contribution in [0.15, 0.2) is 52.2 Å². The molecule has 0 aliphatic rings. The van der Waals surface area contributed by atoms with Crippen LogP contribution in [0.2, 0.25) is 5.02 Å². The van der Waals surface area contributed by atoms with Crippen LogP contribution in [0.4, 0.5) is 0 Å². The molecule has 0 atom stereocenters. The van der Waals surface area contributed by atoms with Crippen molar-refractivity contribution in [2.75, 3.05) is 6.54 Å². The Bertz CT molecular complexity index is 1100. The van der Waals surface area contributed by atoms with E-state index >= 15 is 0 Å². The average molecular weight is 380 g/mol. The first-order valence-electron chi connectivity index (χ1n) is 7.71. The lowest BCUT2D eigenvalue weighted by molar-refractivity contribution is 0.571. The first-order valence-corrected chi connectivity index (χ1v) is 9.57. The third-order valence-electron chi connectivity index (χ3n) is 4.13. The molecule has 0 aliphatic carbocycles.